The molecular formula is C16H11NO5. The number of pyridine rings is 1. The summed E-state index contributed by atoms with van der Waals surface area (Å²) in [6.45, 7) is -0.457. The number of carboxylic acid groups (broad SMARTS) is 1. The Kier molecular flexibility index (Phi) is 3.57. The van der Waals surface area contributed by atoms with Crippen molar-refractivity contribution in [3.63, 3.8) is 0 Å². The second-order valence-corrected chi connectivity index (χ2v) is 4.53. The van der Waals surface area contributed by atoms with Gasteiger partial charge in [-0.3, -0.25) is 9.78 Å². The van der Waals surface area contributed by atoms with Crippen molar-refractivity contribution < 1.29 is 19.1 Å². The molecule has 0 bridgehead atoms. The van der Waals surface area contributed by atoms with Crippen LogP contribution in [0.3, 0.4) is 0 Å². The molecule has 2 aromatic heterocycles. The van der Waals surface area contributed by atoms with Gasteiger partial charge in [0.25, 0.3) is 0 Å². The molecule has 1 N–H and O–H groups in total. The van der Waals surface area contributed by atoms with E-state index in [9.17, 15) is 9.59 Å². The molecule has 22 heavy (non-hydrogen) atoms. The van der Waals surface area contributed by atoms with Gasteiger partial charge in [-0.25, -0.2) is 4.79 Å². The van der Waals surface area contributed by atoms with Gasteiger partial charge in [0, 0.05) is 12.3 Å². The van der Waals surface area contributed by atoms with Crippen molar-refractivity contribution in [2.24, 2.45) is 0 Å². The van der Waals surface area contributed by atoms with E-state index in [1.807, 2.05) is 0 Å². The molecule has 6 nitrogen and oxygen atoms in total. The van der Waals surface area contributed by atoms with Crippen LogP contribution in [0.15, 0.2) is 58.1 Å². The molecule has 0 amide bonds. The fraction of sp³-hybridized carbons (Fsp3) is 0.0625. The third kappa shape index (κ3) is 2.67. The number of carboxylic acids is 1. The maximum Gasteiger partial charge on any atom is 0.341 e. The fourth-order valence-electron chi connectivity index (χ4n) is 2.04. The Balaban J connectivity index is 2.04. The maximum absolute atomic E-state index is 12.5. The zero-order valence-corrected chi connectivity index (χ0v) is 11.4. The molecule has 0 spiro atoms. The average molecular weight is 297 g/mol. The minimum Gasteiger partial charge on any atom is -0.482 e. The second kappa shape index (κ2) is 5.69. The quantitative estimate of drug-likeness (QED) is 0.794. The van der Waals surface area contributed by atoms with Crippen molar-refractivity contribution in [1.29, 1.82) is 0 Å². The summed E-state index contributed by atoms with van der Waals surface area (Å²) in [6, 6.07) is 9.84. The molecule has 0 unspecified atom stereocenters. The van der Waals surface area contributed by atoms with Crippen LogP contribution in [-0.4, -0.2) is 22.7 Å². The molecule has 2 heterocycles. The van der Waals surface area contributed by atoms with Gasteiger partial charge >= 0.3 is 5.97 Å². The number of carbonyl (C=O) groups is 1. The number of fused-ring (bicyclic) bond motifs is 1. The number of aromatic nitrogens is 1. The summed E-state index contributed by atoms with van der Waals surface area (Å²) < 4.78 is 10.5. The van der Waals surface area contributed by atoms with Crippen LogP contribution in [0.4, 0.5) is 0 Å². The van der Waals surface area contributed by atoms with Crippen LogP contribution in [0.25, 0.3) is 22.2 Å². The lowest BCUT2D eigenvalue weighted by molar-refractivity contribution is -0.139. The SMILES string of the molecule is O=C(O)COc1ccc2c(=O)c(-c3ccccn3)coc2c1. The number of rotatable bonds is 4. The maximum atomic E-state index is 12.5. The van der Waals surface area contributed by atoms with Gasteiger partial charge in [0.05, 0.1) is 16.6 Å². The highest BCUT2D eigenvalue weighted by molar-refractivity contribution is 5.82. The molecule has 0 saturated heterocycles. The molecule has 110 valence electrons. The Labute approximate surface area is 124 Å². The van der Waals surface area contributed by atoms with E-state index in [0.717, 1.165) is 0 Å². The van der Waals surface area contributed by atoms with E-state index < -0.39 is 12.6 Å². The smallest absolute Gasteiger partial charge is 0.341 e. The molecule has 6 heteroatoms. The predicted molar refractivity (Wildman–Crippen MR) is 78.8 cm³/mol. The first-order chi connectivity index (χ1) is 10.6. The van der Waals surface area contributed by atoms with Crippen LogP contribution < -0.4 is 10.2 Å². The van der Waals surface area contributed by atoms with E-state index in [4.69, 9.17) is 14.3 Å². The lowest BCUT2D eigenvalue weighted by Gasteiger charge is -2.05. The van der Waals surface area contributed by atoms with Crippen molar-refractivity contribution >= 4 is 16.9 Å². The molecule has 0 fully saturated rings. The summed E-state index contributed by atoms with van der Waals surface area (Å²) >= 11 is 0. The highest BCUT2D eigenvalue weighted by Crippen LogP contribution is 2.22. The fourth-order valence-corrected chi connectivity index (χ4v) is 2.04. The first-order valence-electron chi connectivity index (χ1n) is 6.47. The molecule has 0 aliphatic heterocycles. The molecule has 0 atom stereocenters. The second-order valence-electron chi connectivity index (χ2n) is 4.53. The number of nitrogens with zero attached hydrogens (tertiary/aromatic N) is 1. The van der Waals surface area contributed by atoms with Gasteiger partial charge in [-0.1, -0.05) is 6.07 Å². The minimum absolute atomic E-state index is 0.204. The van der Waals surface area contributed by atoms with E-state index in [2.05, 4.69) is 4.98 Å². The van der Waals surface area contributed by atoms with Crippen LogP contribution in [-0.2, 0) is 4.79 Å². The summed E-state index contributed by atoms with van der Waals surface area (Å²) in [6.07, 6.45) is 2.94. The van der Waals surface area contributed by atoms with Gasteiger partial charge in [0.15, 0.2) is 6.61 Å². The predicted octanol–water partition coefficient (Wildman–Crippen LogP) is 2.32. The monoisotopic (exact) mass is 297 g/mol. The Hall–Kier alpha value is -3.15. The van der Waals surface area contributed by atoms with Crippen molar-refractivity contribution in [2.45, 2.75) is 0 Å². The number of ether oxygens (including phenoxy) is 1. The van der Waals surface area contributed by atoms with E-state index in [1.54, 1.807) is 30.5 Å². The summed E-state index contributed by atoms with van der Waals surface area (Å²) in [7, 11) is 0. The van der Waals surface area contributed by atoms with E-state index in [-0.39, 0.29) is 5.43 Å². The largest absolute Gasteiger partial charge is 0.482 e. The molecule has 3 rings (SSSR count). The van der Waals surface area contributed by atoms with Gasteiger partial charge in [-0.2, -0.15) is 0 Å². The third-order valence-electron chi connectivity index (χ3n) is 3.05. The molecule has 0 aliphatic rings. The lowest BCUT2D eigenvalue weighted by atomic mass is 10.1. The zero-order valence-electron chi connectivity index (χ0n) is 11.4. The van der Waals surface area contributed by atoms with Gasteiger partial charge in [0.2, 0.25) is 5.43 Å². The summed E-state index contributed by atoms with van der Waals surface area (Å²) in [4.78, 5) is 27.1. The third-order valence-corrected chi connectivity index (χ3v) is 3.05. The minimum atomic E-state index is -1.08. The highest BCUT2D eigenvalue weighted by Gasteiger charge is 2.11. The first-order valence-corrected chi connectivity index (χ1v) is 6.47. The number of aliphatic carboxylic acids is 1. The van der Waals surface area contributed by atoms with Gasteiger partial charge in [0.1, 0.15) is 17.6 Å². The van der Waals surface area contributed by atoms with Gasteiger partial charge in [-0.15, -0.1) is 0 Å². The van der Waals surface area contributed by atoms with E-state index in [1.165, 1.54) is 18.4 Å². The van der Waals surface area contributed by atoms with Crippen LogP contribution in [0.5, 0.6) is 5.75 Å². The number of benzene rings is 1. The number of hydrogen-bond donors (Lipinski definition) is 1. The van der Waals surface area contributed by atoms with Crippen LogP contribution in [0, 0.1) is 0 Å². The Bertz CT molecular complexity index is 886. The van der Waals surface area contributed by atoms with Crippen molar-refractivity contribution in [3.05, 3.63) is 59.1 Å². The molecule has 1 aromatic carbocycles. The number of hydrogen-bond acceptors (Lipinski definition) is 5. The lowest BCUT2D eigenvalue weighted by Crippen LogP contribution is -2.10. The molecular weight excluding hydrogens is 286 g/mol. The van der Waals surface area contributed by atoms with Crippen molar-refractivity contribution in [1.82, 2.24) is 4.98 Å². The van der Waals surface area contributed by atoms with Gasteiger partial charge in [-0.05, 0) is 24.3 Å². The van der Waals surface area contributed by atoms with Gasteiger partial charge < -0.3 is 14.3 Å². The zero-order chi connectivity index (χ0) is 15.5. The normalized spacial score (nSPS) is 10.5. The van der Waals surface area contributed by atoms with Crippen molar-refractivity contribution in [3.8, 4) is 17.0 Å². The Morgan fingerprint density at radius 1 is 1.27 bits per heavy atom. The molecule has 0 radical (unpaired) electrons. The van der Waals surface area contributed by atoms with Crippen LogP contribution in [0.2, 0.25) is 0 Å². The summed E-state index contributed by atoms with van der Waals surface area (Å²) in [5, 5.41) is 8.97. The Morgan fingerprint density at radius 3 is 2.86 bits per heavy atom. The average Bonchev–Trinajstić information content (AvgIpc) is 2.54. The van der Waals surface area contributed by atoms with E-state index in [0.29, 0.717) is 28.0 Å². The molecule has 0 saturated carbocycles. The van der Waals surface area contributed by atoms with Crippen LogP contribution in [0.1, 0.15) is 0 Å². The Morgan fingerprint density at radius 2 is 2.14 bits per heavy atom. The highest BCUT2D eigenvalue weighted by atomic mass is 16.5. The van der Waals surface area contributed by atoms with Crippen LogP contribution >= 0.6 is 0 Å². The van der Waals surface area contributed by atoms with Crippen molar-refractivity contribution in [2.75, 3.05) is 6.61 Å². The standard InChI is InChI=1S/C16H11NO5/c18-15(19)9-21-10-4-5-11-14(7-10)22-8-12(16(11)20)13-3-1-2-6-17-13/h1-8H,9H2,(H,18,19). The summed E-state index contributed by atoms with van der Waals surface area (Å²) in [5.41, 5.74) is 1.02. The summed E-state index contributed by atoms with van der Waals surface area (Å²) in [5.74, 6) is -0.754. The van der Waals surface area contributed by atoms with E-state index >= 15 is 0 Å². The topological polar surface area (TPSA) is 89.6 Å². The molecule has 3 aromatic rings. The first kappa shape index (κ1) is 13.8. The molecule has 0 aliphatic carbocycles.